The summed E-state index contributed by atoms with van der Waals surface area (Å²) in [6, 6.07) is 23.4. The number of hydrogen-bond acceptors (Lipinski definition) is 8. The highest BCUT2D eigenvalue weighted by Gasteiger charge is 2.10. The minimum Gasteiger partial charge on any atom is -0.469 e. The zero-order valence-electron chi connectivity index (χ0n) is 19.3. The van der Waals surface area contributed by atoms with Crippen molar-refractivity contribution >= 4 is 40.9 Å². The van der Waals surface area contributed by atoms with E-state index in [-0.39, 0.29) is 12.4 Å². The third-order valence-electron chi connectivity index (χ3n) is 4.94. The van der Waals surface area contributed by atoms with E-state index in [9.17, 15) is 4.79 Å². The van der Waals surface area contributed by atoms with Crippen LogP contribution in [0.3, 0.4) is 0 Å². The van der Waals surface area contributed by atoms with Crippen molar-refractivity contribution < 1.29 is 9.53 Å². The van der Waals surface area contributed by atoms with Crippen LogP contribution in [0.1, 0.15) is 16.7 Å². The van der Waals surface area contributed by atoms with E-state index in [1.807, 2.05) is 86.6 Å². The SMILES string of the molecule is COC(=O)Cc1cccc(Nc2nc(Nc3cccc(C)c3)nc(Nc3cccc(C)c3)n2)c1. The number of nitrogens with zero attached hydrogens (tertiary/aromatic N) is 3. The molecule has 0 saturated carbocycles. The predicted molar refractivity (Wildman–Crippen MR) is 134 cm³/mol. The Labute approximate surface area is 198 Å². The van der Waals surface area contributed by atoms with Gasteiger partial charge in [0.25, 0.3) is 0 Å². The molecule has 0 radical (unpaired) electrons. The van der Waals surface area contributed by atoms with Crippen molar-refractivity contribution in [3.05, 3.63) is 89.5 Å². The summed E-state index contributed by atoms with van der Waals surface area (Å²) in [5, 5.41) is 9.72. The summed E-state index contributed by atoms with van der Waals surface area (Å²) < 4.78 is 4.76. The number of aromatic nitrogens is 3. The van der Waals surface area contributed by atoms with Gasteiger partial charge in [-0.15, -0.1) is 0 Å². The molecule has 34 heavy (non-hydrogen) atoms. The number of ether oxygens (including phenoxy) is 1. The summed E-state index contributed by atoms with van der Waals surface area (Å²) in [6.45, 7) is 4.05. The van der Waals surface area contributed by atoms with Gasteiger partial charge in [0.05, 0.1) is 13.5 Å². The Bertz CT molecular complexity index is 1240. The molecule has 1 heterocycles. The first-order valence-electron chi connectivity index (χ1n) is 10.8. The molecule has 1 aromatic heterocycles. The van der Waals surface area contributed by atoms with Crippen LogP contribution in [0.25, 0.3) is 0 Å². The summed E-state index contributed by atoms with van der Waals surface area (Å²) in [5.41, 5.74) is 5.56. The molecule has 0 saturated heterocycles. The standard InChI is InChI=1S/C26H26N6O2/c1-17-7-4-10-20(13-17)27-24-30-25(28-21-11-5-8-18(2)14-21)32-26(31-24)29-22-12-6-9-19(15-22)16-23(33)34-3/h4-15H,16H2,1-3H3,(H3,27,28,29,30,31,32). The lowest BCUT2D eigenvalue weighted by atomic mass is 10.1. The number of carbonyl (C=O) groups excluding carboxylic acids is 1. The molecule has 0 unspecified atom stereocenters. The highest BCUT2D eigenvalue weighted by atomic mass is 16.5. The van der Waals surface area contributed by atoms with Crippen molar-refractivity contribution in [2.24, 2.45) is 0 Å². The van der Waals surface area contributed by atoms with Gasteiger partial charge in [-0.2, -0.15) is 15.0 Å². The summed E-state index contributed by atoms with van der Waals surface area (Å²) in [7, 11) is 1.38. The van der Waals surface area contributed by atoms with Gasteiger partial charge in [0.15, 0.2) is 0 Å². The Balaban J connectivity index is 1.63. The summed E-state index contributed by atoms with van der Waals surface area (Å²) in [5.74, 6) is 0.843. The molecule has 4 aromatic rings. The zero-order valence-corrected chi connectivity index (χ0v) is 19.3. The first kappa shape index (κ1) is 22.7. The maximum absolute atomic E-state index is 11.6. The van der Waals surface area contributed by atoms with E-state index in [2.05, 4.69) is 30.9 Å². The van der Waals surface area contributed by atoms with Gasteiger partial charge in [0.2, 0.25) is 17.8 Å². The number of nitrogens with one attached hydrogen (secondary N) is 3. The van der Waals surface area contributed by atoms with Crippen LogP contribution in [-0.2, 0) is 16.0 Å². The second-order valence-corrected chi connectivity index (χ2v) is 7.87. The molecule has 0 spiro atoms. The summed E-state index contributed by atoms with van der Waals surface area (Å²) >= 11 is 0. The number of benzene rings is 3. The van der Waals surface area contributed by atoms with Crippen molar-refractivity contribution in [2.45, 2.75) is 20.3 Å². The van der Waals surface area contributed by atoms with E-state index in [1.54, 1.807) is 0 Å². The molecule has 172 valence electrons. The van der Waals surface area contributed by atoms with E-state index < -0.39 is 0 Å². The van der Waals surface area contributed by atoms with E-state index >= 15 is 0 Å². The predicted octanol–water partition coefficient (Wildman–Crippen LogP) is 5.43. The van der Waals surface area contributed by atoms with Gasteiger partial charge < -0.3 is 20.7 Å². The summed E-state index contributed by atoms with van der Waals surface area (Å²) in [4.78, 5) is 25.3. The van der Waals surface area contributed by atoms with E-state index in [0.29, 0.717) is 17.8 Å². The molecule has 0 amide bonds. The molecule has 3 aromatic carbocycles. The lowest BCUT2D eigenvalue weighted by Gasteiger charge is -2.12. The number of hydrogen-bond donors (Lipinski definition) is 3. The first-order chi connectivity index (χ1) is 16.5. The monoisotopic (exact) mass is 454 g/mol. The topological polar surface area (TPSA) is 101 Å². The molecule has 0 fully saturated rings. The van der Waals surface area contributed by atoms with Crippen LogP contribution in [0, 0.1) is 13.8 Å². The van der Waals surface area contributed by atoms with Gasteiger partial charge in [-0.25, -0.2) is 0 Å². The van der Waals surface area contributed by atoms with Crippen LogP contribution < -0.4 is 16.0 Å². The fourth-order valence-corrected chi connectivity index (χ4v) is 3.37. The smallest absolute Gasteiger partial charge is 0.309 e. The second kappa shape index (κ2) is 10.4. The first-order valence-corrected chi connectivity index (χ1v) is 10.8. The van der Waals surface area contributed by atoms with Crippen LogP contribution in [-0.4, -0.2) is 28.0 Å². The maximum atomic E-state index is 11.6. The average Bonchev–Trinajstić information content (AvgIpc) is 2.79. The fourth-order valence-electron chi connectivity index (χ4n) is 3.37. The molecule has 0 bridgehead atoms. The molecule has 3 N–H and O–H groups in total. The largest absolute Gasteiger partial charge is 0.469 e. The Morgan fingerprint density at radius 3 is 1.59 bits per heavy atom. The van der Waals surface area contributed by atoms with Crippen LogP contribution in [0.2, 0.25) is 0 Å². The van der Waals surface area contributed by atoms with Crippen molar-refractivity contribution in [2.75, 3.05) is 23.1 Å². The molecule has 8 nitrogen and oxygen atoms in total. The van der Waals surface area contributed by atoms with Gasteiger partial charge in [0, 0.05) is 17.1 Å². The van der Waals surface area contributed by atoms with Crippen molar-refractivity contribution in [3.8, 4) is 0 Å². The molecule has 4 rings (SSSR count). The third-order valence-corrected chi connectivity index (χ3v) is 4.94. The van der Waals surface area contributed by atoms with E-state index in [0.717, 1.165) is 33.8 Å². The van der Waals surface area contributed by atoms with Gasteiger partial charge in [0.1, 0.15) is 0 Å². The minimum absolute atomic E-state index is 0.184. The molecule has 0 aliphatic rings. The van der Waals surface area contributed by atoms with Crippen LogP contribution in [0.4, 0.5) is 34.9 Å². The minimum atomic E-state index is -0.299. The molecule has 8 heteroatoms. The fraction of sp³-hybridized carbons (Fsp3) is 0.154. The highest BCUT2D eigenvalue weighted by molar-refractivity contribution is 5.73. The average molecular weight is 455 g/mol. The van der Waals surface area contributed by atoms with Gasteiger partial charge in [-0.3, -0.25) is 4.79 Å². The zero-order chi connectivity index (χ0) is 23.9. The number of carbonyl (C=O) groups is 1. The van der Waals surface area contributed by atoms with Crippen LogP contribution in [0.5, 0.6) is 0 Å². The number of rotatable bonds is 8. The van der Waals surface area contributed by atoms with E-state index in [4.69, 9.17) is 4.74 Å². The molecular weight excluding hydrogens is 428 g/mol. The van der Waals surface area contributed by atoms with Crippen molar-refractivity contribution in [1.29, 1.82) is 0 Å². The Morgan fingerprint density at radius 2 is 1.15 bits per heavy atom. The van der Waals surface area contributed by atoms with Gasteiger partial charge in [-0.1, -0.05) is 36.4 Å². The Kier molecular flexibility index (Phi) is 6.98. The lowest BCUT2D eigenvalue weighted by molar-refractivity contribution is -0.139. The molecule has 0 atom stereocenters. The van der Waals surface area contributed by atoms with Crippen LogP contribution >= 0.6 is 0 Å². The Hall–Kier alpha value is -4.46. The summed E-state index contributed by atoms with van der Waals surface area (Å²) in [6.07, 6.45) is 0.184. The molecular formula is C26H26N6O2. The Morgan fingerprint density at radius 1 is 0.706 bits per heavy atom. The third kappa shape index (κ3) is 6.29. The van der Waals surface area contributed by atoms with Gasteiger partial charge >= 0.3 is 5.97 Å². The van der Waals surface area contributed by atoms with Crippen molar-refractivity contribution in [1.82, 2.24) is 15.0 Å². The normalized spacial score (nSPS) is 10.4. The number of methoxy groups -OCH3 is 1. The van der Waals surface area contributed by atoms with Crippen LogP contribution in [0.15, 0.2) is 72.8 Å². The van der Waals surface area contributed by atoms with Gasteiger partial charge in [-0.05, 0) is 66.9 Å². The van der Waals surface area contributed by atoms with E-state index in [1.165, 1.54) is 7.11 Å². The van der Waals surface area contributed by atoms with Crippen molar-refractivity contribution in [3.63, 3.8) is 0 Å². The highest BCUT2D eigenvalue weighted by Crippen LogP contribution is 2.22. The lowest BCUT2D eigenvalue weighted by Crippen LogP contribution is -2.08. The number of anilines is 6. The number of esters is 1. The molecule has 0 aliphatic carbocycles. The quantitative estimate of drug-likeness (QED) is 0.303. The number of aryl methyl sites for hydroxylation is 2. The second-order valence-electron chi connectivity index (χ2n) is 7.87. The maximum Gasteiger partial charge on any atom is 0.309 e. The molecule has 0 aliphatic heterocycles.